The molecule has 23 heavy (non-hydrogen) atoms. The molecule has 1 aliphatic rings. The van der Waals surface area contributed by atoms with Gasteiger partial charge < -0.3 is 9.64 Å². The molecular weight excluding hydrogens is 318 g/mol. The maximum absolute atomic E-state index is 12.5. The van der Waals surface area contributed by atoms with E-state index < -0.39 is 10.2 Å². The largest absolute Gasteiger partial charge is 0.494 e. The molecule has 1 amide bonds. The average Bonchev–Trinajstić information content (AvgIpc) is 2.55. The van der Waals surface area contributed by atoms with Crippen molar-refractivity contribution in [3.05, 3.63) is 29.8 Å². The number of amides is 1. The number of hydrogen-bond donors (Lipinski definition) is 0. The predicted octanol–water partition coefficient (Wildman–Crippen LogP) is 0.650. The topological polar surface area (TPSA) is 70.2 Å². The summed E-state index contributed by atoms with van der Waals surface area (Å²) in [7, 11) is -0.400. The van der Waals surface area contributed by atoms with E-state index in [4.69, 9.17) is 4.74 Å². The third-order valence-corrected chi connectivity index (χ3v) is 5.67. The molecule has 0 aliphatic carbocycles. The summed E-state index contributed by atoms with van der Waals surface area (Å²) in [5.74, 6) is 0.640. The first-order valence-corrected chi connectivity index (χ1v) is 8.95. The Labute approximate surface area is 137 Å². The maximum Gasteiger partial charge on any atom is 0.281 e. The second kappa shape index (κ2) is 7.29. The van der Waals surface area contributed by atoms with Crippen molar-refractivity contribution in [3.8, 4) is 5.75 Å². The standard InChI is InChI=1S/C15H23N3O4S/c1-4-22-14-7-5-13(6-8-14)15(19)17-9-11-18(12-10-17)23(20,21)16(2)3/h5-8H,4,9-12H2,1-3H3. The number of carbonyl (C=O) groups is 1. The van der Waals surface area contributed by atoms with Gasteiger partial charge in [-0.3, -0.25) is 4.79 Å². The van der Waals surface area contributed by atoms with E-state index in [1.807, 2.05) is 6.92 Å². The van der Waals surface area contributed by atoms with Crippen LogP contribution in [0.25, 0.3) is 0 Å². The van der Waals surface area contributed by atoms with E-state index in [0.29, 0.717) is 38.3 Å². The van der Waals surface area contributed by atoms with Gasteiger partial charge in [-0.1, -0.05) is 0 Å². The zero-order chi connectivity index (χ0) is 17.0. The average molecular weight is 341 g/mol. The van der Waals surface area contributed by atoms with Gasteiger partial charge in [0.15, 0.2) is 0 Å². The Hall–Kier alpha value is -1.64. The Balaban J connectivity index is 1.98. The van der Waals surface area contributed by atoms with Crippen molar-refractivity contribution in [2.24, 2.45) is 0 Å². The number of carbonyl (C=O) groups excluding carboxylic acids is 1. The highest BCUT2D eigenvalue weighted by atomic mass is 32.2. The lowest BCUT2D eigenvalue weighted by Crippen LogP contribution is -2.53. The van der Waals surface area contributed by atoms with Gasteiger partial charge in [0, 0.05) is 45.8 Å². The molecule has 2 rings (SSSR count). The zero-order valence-corrected chi connectivity index (χ0v) is 14.5. The molecule has 1 heterocycles. The lowest BCUT2D eigenvalue weighted by molar-refractivity contribution is 0.0695. The number of benzene rings is 1. The van der Waals surface area contributed by atoms with Crippen LogP contribution in [0.5, 0.6) is 5.75 Å². The Morgan fingerprint density at radius 2 is 1.70 bits per heavy atom. The quantitative estimate of drug-likeness (QED) is 0.788. The van der Waals surface area contributed by atoms with E-state index in [2.05, 4.69) is 0 Å². The van der Waals surface area contributed by atoms with Crippen LogP contribution in [-0.2, 0) is 10.2 Å². The smallest absolute Gasteiger partial charge is 0.281 e. The molecule has 1 aromatic rings. The van der Waals surface area contributed by atoms with Gasteiger partial charge in [0.1, 0.15) is 5.75 Å². The summed E-state index contributed by atoms with van der Waals surface area (Å²) >= 11 is 0. The van der Waals surface area contributed by atoms with Crippen LogP contribution in [0.1, 0.15) is 17.3 Å². The van der Waals surface area contributed by atoms with Crippen LogP contribution in [0.3, 0.4) is 0 Å². The van der Waals surface area contributed by atoms with Gasteiger partial charge in [-0.05, 0) is 31.2 Å². The Morgan fingerprint density at radius 1 is 1.13 bits per heavy atom. The first kappa shape index (κ1) is 17.7. The van der Waals surface area contributed by atoms with Crippen LogP contribution in [-0.4, -0.2) is 74.7 Å². The second-order valence-corrected chi connectivity index (χ2v) is 7.58. The summed E-state index contributed by atoms with van der Waals surface area (Å²) < 4.78 is 32.1. The summed E-state index contributed by atoms with van der Waals surface area (Å²) in [4.78, 5) is 14.1. The number of ether oxygens (including phenoxy) is 1. The van der Waals surface area contributed by atoms with Crippen molar-refractivity contribution < 1.29 is 17.9 Å². The molecule has 8 heteroatoms. The van der Waals surface area contributed by atoms with Gasteiger partial charge >= 0.3 is 0 Å². The van der Waals surface area contributed by atoms with Crippen LogP contribution in [0.2, 0.25) is 0 Å². The van der Waals surface area contributed by atoms with Crippen LogP contribution in [0.4, 0.5) is 0 Å². The molecule has 0 unspecified atom stereocenters. The van der Waals surface area contributed by atoms with E-state index in [0.717, 1.165) is 5.75 Å². The number of hydrogen-bond acceptors (Lipinski definition) is 4. The maximum atomic E-state index is 12.5. The molecule has 128 valence electrons. The Kier molecular flexibility index (Phi) is 5.61. The lowest BCUT2D eigenvalue weighted by atomic mass is 10.2. The predicted molar refractivity (Wildman–Crippen MR) is 87.7 cm³/mol. The first-order chi connectivity index (χ1) is 10.9. The zero-order valence-electron chi connectivity index (χ0n) is 13.7. The van der Waals surface area contributed by atoms with Gasteiger partial charge in [-0.2, -0.15) is 17.0 Å². The van der Waals surface area contributed by atoms with E-state index in [-0.39, 0.29) is 5.91 Å². The minimum Gasteiger partial charge on any atom is -0.494 e. The lowest BCUT2D eigenvalue weighted by Gasteiger charge is -2.35. The molecule has 0 saturated carbocycles. The Bertz CT molecular complexity index is 635. The van der Waals surface area contributed by atoms with E-state index in [1.54, 1.807) is 29.2 Å². The fraction of sp³-hybridized carbons (Fsp3) is 0.533. The van der Waals surface area contributed by atoms with Gasteiger partial charge in [0.2, 0.25) is 0 Å². The summed E-state index contributed by atoms with van der Waals surface area (Å²) in [6.45, 7) is 3.88. The molecule has 1 fully saturated rings. The molecule has 0 aromatic heterocycles. The fourth-order valence-corrected chi connectivity index (χ4v) is 3.48. The first-order valence-electron chi connectivity index (χ1n) is 7.56. The minimum atomic E-state index is -3.41. The summed E-state index contributed by atoms with van der Waals surface area (Å²) in [6, 6.07) is 7.00. The molecule has 0 atom stereocenters. The van der Waals surface area contributed by atoms with Gasteiger partial charge in [0.05, 0.1) is 6.61 Å². The summed E-state index contributed by atoms with van der Waals surface area (Å²) in [5.41, 5.74) is 0.581. The van der Waals surface area contributed by atoms with Crippen molar-refractivity contribution in [3.63, 3.8) is 0 Å². The van der Waals surface area contributed by atoms with E-state index >= 15 is 0 Å². The minimum absolute atomic E-state index is 0.0880. The van der Waals surface area contributed by atoms with Crippen molar-refractivity contribution in [2.45, 2.75) is 6.92 Å². The molecular formula is C15H23N3O4S. The summed E-state index contributed by atoms with van der Waals surface area (Å²) in [6.07, 6.45) is 0. The van der Waals surface area contributed by atoms with Crippen LogP contribution in [0.15, 0.2) is 24.3 Å². The fourth-order valence-electron chi connectivity index (χ4n) is 2.40. The molecule has 7 nitrogen and oxygen atoms in total. The van der Waals surface area contributed by atoms with E-state index in [9.17, 15) is 13.2 Å². The number of nitrogens with zero attached hydrogens (tertiary/aromatic N) is 3. The number of rotatable bonds is 5. The highest BCUT2D eigenvalue weighted by Gasteiger charge is 2.30. The van der Waals surface area contributed by atoms with Crippen molar-refractivity contribution in [2.75, 3.05) is 46.9 Å². The van der Waals surface area contributed by atoms with Crippen LogP contribution >= 0.6 is 0 Å². The molecule has 1 aliphatic heterocycles. The van der Waals surface area contributed by atoms with Gasteiger partial charge in [-0.15, -0.1) is 0 Å². The van der Waals surface area contributed by atoms with Crippen LogP contribution < -0.4 is 4.74 Å². The Morgan fingerprint density at radius 3 is 2.17 bits per heavy atom. The highest BCUT2D eigenvalue weighted by Crippen LogP contribution is 2.16. The molecule has 0 bridgehead atoms. The third kappa shape index (κ3) is 4.01. The highest BCUT2D eigenvalue weighted by molar-refractivity contribution is 7.86. The van der Waals surface area contributed by atoms with Gasteiger partial charge in [-0.25, -0.2) is 0 Å². The second-order valence-electron chi connectivity index (χ2n) is 5.44. The molecule has 1 saturated heterocycles. The molecule has 1 aromatic carbocycles. The SMILES string of the molecule is CCOc1ccc(C(=O)N2CCN(S(=O)(=O)N(C)C)CC2)cc1. The van der Waals surface area contributed by atoms with E-state index in [1.165, 1.54) is 22.7 Å². The van der Waals surface area contributed by atoms with Gasteiger partial charge in [0.25, 0.3) is 16.1 Å². The monoisotopic (exact) mass is 341 g/mol. The number of piperazine rings is 1. The molecule has 0 N–H and O–H groups in total. The van der Waals surface area contributed by atoms with Crippen molar-refractivity contribution in [1.82, 2.24) is 13.5 Å². The normalized spacial score (nSPS) is 16.6. The molecule has 0 radical (unpaired) electrons. The third-order valence-electron chi connectivity index (χ3n) is 3.73. The van der Waals surface area contributed by atoms with Crippen molar-refractivity contribution >= 4 is 16.1 Å². The van der Waals surface area contributed by atoms with Crippen molar-refractivity contribution in [1.29, 1.82) is 0 Å². The van der Waals surface area contributed by atoms with Crippen LogP contribution in [0, 0.1) is 0 Å². The summed E-state index contributed by atoms with van der Waals surface area (Å²) in [5, 5.41) is 0. The molecule has 0 spiro atoms.